The van der Waals surface area contributed by atoms with E-state index in [0.29, 0.717) is 0 Å². The smallest absolute Gasteiger partial charge is 0.242 e. The molecule has 2 aliphatic rings. The van der Waals surface area contributed by atoms with Gasteiger partial charge in [-0.15, -0.1) is 0 Å². The number of hydrogen-bond acceptors (Lipinski definition) is 3. The maximum absolute atomic E-state index is 12.8. The number of benzene rings is 1. The monoisotopic (exact) mass is 330 g/mol. The number of aryl methyl sites for hydroxylation is 2. The van der Waals surface area contributed by atoms with Gasteiger partial charge in [-0.1, -0.05) is 31.4 Å². The van der Waals surface area contributed by atoms with Gasteiger partial charge >= 0.3 is 0 Å². The fourth-order valence-corrected chi connectivity index (χ4v) is 3.90. The van der Waals surface area contributed by atoms with Crippen molar-refractivity contribution in [2.75, 3.05) is 13.1 Å². The van der Waals surface area contributed by atoms with Gasteiger partial charge in [-0.2, -0.15) is 0 Å². The lowest BCUT2D eigenvalue weighted by atomic mass is 9.81. The Morgan fingerprint density at radius 1 is 1.17 bits per heavy atom. The Morgan fingerprint density at radius 3 is 2.50 bits per heavy atom. The quantitative estimate of drug-likeness (QED) is 0.925. The van der Waals surface area contributed by atoms with Gasteiger partial charge in [0.1, 0.15) is 11.9 Å². The summed E-state index contributed by atoms with van der Waals surface area (Å²) in [5, 5.41) is 0. The summed E-state index contributed by atoms with van der Waals surface area (Å²) in [4.78, 5) is 14.8. The molecule has 2 fully saturated rings. The van der Waals surface area contributed by atoms with E-state index in [-0.39, 0.29) is 12.0 Å². The van der Waals surface area contributed by atoms with Gasteiger partial charge in [0.25, 0.3) is 0 Å². The second kappa shape index (κ2) is 7.14. The zero-order valence-electron chi connectivity index (χ0n) is 15.0. The second-order valence-electron chi connectivity index (χ2n) is 7.60. The normalized spacial score (nSPS) is 21.5. The van der Waals surface area contributed by atoms with E-state index in [9.17, 15) is 4.79 Å². The minimum Gasteiger partial charge on any atom is -0.490 e. The van der Waals surface area contributed by atoms with E-state index in [1.165, 1.54) is 17.5 Å². The van der Waals surface area contributed by atoms with Gasteiger partial charge in [-0.25, -0.2) is 0 Å². The van der Waals surface area contributed by atoms with E-state index < -0.39 is 5.54 Å². The van der Waals surface area contributed by atoms with Crippen LogP contribution < -0.4 is 10.5 Å². The van der Waals surface area contributed by atoms with E-state index in [0.717, 1.165) is 57.4 Å². The lowest BCUT2D eigenvalue weighted by Crippen LogP contribution is -2.58. The molecule has 2 N–H and O–H groups in total. The Balaban J connectivity index is 1.55. The standard InChI is InChI=1S/C20H30N2O2/c1-15-6-7-16(2)18(14-15)24-17-8-12-22(13-9-17)19(23)20(21)10-4-3-5-11-20/h6-7,14,17H,3-5,8-13,21H2,1-2H3. The molecule has 1 aromatic carbocycles. The summed E-state index contributed by atoms with van der Waals surface area (Å²) >= 11 is 0. The molecule has 132 valence electrons. The number of hydrogen-bond donors (Lipinski definition) is 1. The van der Waals surface area contributed by atoms with Gasteiger partial charge in [0.05, 0.1) is 5.54 Å². The van der Waals surface area contributed by atoms with Crippen molar-refractivity contribution in [3.05, 3.63) is 29.3 Å². The van der Waals surface area contributed by atoms with Gasteiger partial charge in [0, 0.05) is 25.9 Å². The summed E-state index contributed by atoms with van der Waals surface area (Å²) in [5.74, 6) is 1.13. The molecule has 0 unspecified atom stereocenters. The van der Waals surface area contributed by atoms with Crippen molar-refractivity contribution in [3.8, 4) is 5.75 Å². The number of carbonyl (C=O) groups is 1. The maximum atomic E-state index is 12.8. The van der Waals surface area contributed by atoms with Crippen LogP contribution in [-0.2, 0) is 4.79 Å². The minimum absolute atomic E-state index is 0.160. The fourth-order valence-electron chi connectivity index (χ4n) is 3.90. The van der Waals surface area contributed by atoms with E-state index >= 15 is 0 Å². The molecule has 1 saturated carbocycles. The molecule has 0 spiro atoms. The van der Waals surface area contributed by atoms with Gasteiger partial charge in [0.15, 0.2) is 0 Å². The third-order valence-corrected chi connectivity index (χ3v) is 5.54. The Labute approximate surface area is 145 Å². The topological polar surface area (TPSA) is 55.6 Å². The largest absolute Gasteiger partial charge is 0.490 e. The van der Waals surface area contributed by atoms with E-state index in [1.54, 1.807) is 0 Å². The van der Waals surface area contributed by atoms with Crippen molar-refractivity contribution in [1.29, 1.82) is 0 Å². The number of carbonyl (C=O) groups excluding carboxylic acids is 1. The third kappa shape index (κ3) is 3.75. The molecular formula is C20H30N2O2. The van der Waals surface area contributed by atoms with Crippen LogP contribution in [0.1, 0.15) is 56.1 Å². The minimum atomic E-state index is -0.612. The molecule has 4 nitrogen and oxygen atoms in total. The van der Waals surface area contributed by atoms with Crippen LogP contribution in [0, 0.1) is 13.8 Å². The highest BCUT2D eigenvalue weighted by Crippen LogP contribution is 2.29. The molecule has 1 aliphatic heterocycles. The first-order valence-corrected chi connectivity index (χ1v) is 9.30. The summed E-state index contributed by atoms with van der Waals surface area (Å²) in [5.41, 5.74) is 8.18. The predicted molar refractivity (Wildman–Crippen MR) is 96.1 cm³/mol. The molecule has 1 saturated heterocycles. The molecule has 1 aromatic rings. The summed E-state index contributed by atoms with van der Waals surface area (Å²) in [6, 6.07) is 6.31. The molecule has 0 bridgehead atoms. The molecule has 24 heavy (non-hydrogen) atoms. The highest BCUT2D eigenvalue weighted by Gasteiger charge is 2.39. The van der Waals surface area contributed by atoms with Crippen LogP contribution in [0.5, 0.6) is 5.75 Å². The lowest BCUT2D eigenvalue weighted by molar-refractivity contribution is -0.140. The van der Waals surface area contributed by atoms with Crippen LogP contribution in [0.15, 0.2) is 18.2 Å². The Hall–Kier alpha value is -1.55. The van der Waals surface area contributed by atoms with E-state index in [1.807, 2.05) is 4.90 Å². The zero-order chi connectivity index (χ0) is 17.2. The van der Waals surface area contributed by atoms with Crippen molar-refractivity contribution in [2.45, 2.75) is 70.4 Å². The molecular weight excluding hydrogens is 300 g/mol. The number of amides is 1. The summed E-state index contributed by atoms with van der Waals surface area (Å²) < 4.78 is 6.20. The van der Waals surface area contributed by atoms with E-state index in [4.69, 9.17) is 10.5 Å². The number of nitrogens with two attached hydrogens (primary N) is 1. The van der Waals surface area contributed by atoms with Crippen LogP contribution in [0.3, 0.4) is 0 Å². The maximum Gasteiger partial charge on any atom is 0.242 e. The SMILES string of the molecule is Cc1ccc(C)c(OC2CCN(C(=O)C3(N)CCCCC3)CC2)c1. The average Bonchev–Trinajstić information content (AvgIpc) is 2.59. The second-order valence-corrected chi connectivity index (χ2v) is 7.60. The number of piperidine rings is 1. The average molecular weight is 330 g/mol. The van der Waals surface area contributed by atoms with Crippen LogP contribution in [0.2, 0.25) is 0 Å². The van der Waals surface area contributed by atoms with Gasteiger partial charge in [0.2, 0.25) is 5.91 Å². The van der Waals surface area contributed by atoms with Crippen molar-refractivity contribution >= 4 is 5.91 Å². The number of rotatable bonds is 3. The number of likely N-dealkylation sites (tertiary alicyclic amines) is 1. The number of nitrogens with zero attached hydrogens (tertiary/aromatic N) is 1. The van der Waals surface area contributed by atoms with E-state index in [2.05, 4.69) is 32.0 Å². The van der Waals surface area contributed by atoms with Gasteiger partial charge < -0.3 is 15.4 Å². The molecule has 1 heterocycles. The first kappa shape index (κ1) is 17.3. The van der Waals surface area contributed by atoms with Crippen molar-refractivity contribution < 1.29 is 9.53 Å². The predicted octanol–water partition coefficient (Wildman–Crippen LogP) is 3.33. The highest BCUT2D eigenvalue weighted by molar-refractivity contribution is 5.86. The van der Waals surface area contributed by atoms with Crippen LogP contribution >= 0.6 is 0 Å². The summed E-state index contributed by atoms with van der Waals surface area (Å²) in [6.07, 6.45) is 7.00. The lowest BCUT2D eigenvalue weighted by Gasteiger charge is -2.40. The molecule has 0 aromatic heterocycles. The molecule has 3 rings (SSSR count). The van der Waals surface area contributed by atoms with Crippen LogP contribution in [-0.4, -0.2) is 35.5 Å². The van der Waals surface area contributed by atoms with Crippen molar-refractivity contribution in [1.82, 2.24) is 4.90 Å². The zero-order valence-corrected chi connectivity index (χ0v) is 15.0. The fraction of sp³-hybridized carbons (Fsp3) is 0.650. The molecule has 0 atom stereocenters. The highest BCUT2D eigenvalue weighted by atomic mass is 16.5. The molecule has 1 aliphatic carbocycles. The summed E-state index contributed by atoms with van der Waals surface area (Å²) in [6.45, 7) is 5.67. The van der Waals surface area contributed by atoms with Crippen molar-refractivity contribution in [2.24, 2.45) is 5.73 Å². The van der Waals surface area contributed by atoms with Crippen LogP contribution in [0.4, 0.5) is 0 Å². The Morgan fingerprint density at radius 2 is 1.83 bits per heavy atom. The van der Waals surface area contributed by atoms with Gasteiger partial charge in [-0.05, 0) is 43.9 Å². The third-order valence-electron chi connectivity index (χ3n) is 5.54. The first-order chi connectivity index (χ1) is 11.5. The first-order valence-electron chi connectivity index (χ1n) is 9.30. The molecule has 4 heteroatoms. The molecule has 1 amide bonds. The molecule has 0 radical (unpaired) electrons. The van der Waals surface area contributed by atoms with Crippen LogP contribution in [0.25, 0.3) is 0 Å². The Bertz CT molecular complexity index is 585. The summed E-state index contributed by atoms with van der Waals surface area (Å²) in [7, 11) is 0. The van der Waals surface area contributed by atoms with Crippen molar-refractivity contribution in [3.63, 3.8) is 0 Å². The number of ether oxygens (including phenoxy) is 1. The Kier molecular flexibility index (Phi) is 5.14. The van der Waals surface area contributed by atoms with Gasteiger partial charge in [-0.3, -0.25) is 4.79 Å².